The van der Waals surface area contributed by atoms with Crippen molar-refractivity contribution >= 4 is 12.1 Å². The Balaban J connectivity index is 2.27. The summed E-state index contributed by atoms with van der Waals surface area (Å²) in [7, 11) is 1.35. The van der Waals surface area contributed by atoms with E-state index in [9.17, 15) is 9.59 Å². The molecule has 0 bridgehead atoms. The van der Waals surface area contributed by atoms with Gasteiger partial charge in [-0.15, -0.1) is 0 Å². The fourth-order valence-electron chi connectivity index (χ4n) is 2.33. The van der Waals surface area contributed by atoms with E-state index in [1.807, 2.05) is 6.07 Å². The number of rotatable bonds is 2. The fourth-order valence-corrected chi connectivity index (χ4v) is 2.33. The molecule has 1 saturated heterocycles. The lowest BCUT2D eigenvalue weighted by molar-refractivity contribution is 0.0696. The van der Waals surface area contributed by atoms with Crippen molar-refractivity contribution in [3.63, 3.8) is 0 Å². The number of carboxylic acid groups (broad SMARTS) is 1. The predicted octanol–water partition coefficient (Wildman–Crippen LogP) is 2.29. The van der Waals surface area contributed by atoms with Crippen LogP contribution in [-0.2, 0) is 4.74 Å². The zero-order valence-corrected chi connectivity index (χ0v) is 10.1. The molecule has 0 saturated carbocycles. The van der Waals surface area contributed by atoms with Gasteiger partial charge in [-0.3, -0.25) is 0 Å². The molecule has 5 nitrogen and oxygen atoms in total. The number of carbonyl (C=O) groups excluding carboxylic acids is 1. The van der Waals surface area contributed by atoms with E-state index in [0.29, 0.717) is 6.54 Å². The molecule has 0 spiro atoms. The van der Waals surface area contributed by atoms with Crippen LogP contribution < -0.4 is 0 Å². The third kappa shape index (κ3) is 2.30. The van der Waals surface area contributed by atoms with Crippen LogP contribution in [0.1, 0.15) is 34.8 Å². The summed E-state index contributed by atoms with van der Waals surface area (Å²) in [5.74, 6) is -0.959. The topological polar surface area (TPSA) is 66.8 Å². The van der Waals surface area contributed by atoms with Crippen LogP contribution in [0.15, 0.2) is 24.3 Å². The van der Waals surface area contributed by atoms with Gasteiger partial charge in [0.15, 0.2) is 0 Å². The zero-order valence-electron chi connectivity index (χ0n) is 10.1. The average molecular weight is 249 g/mol. The molecule has 1 heterocycles. The molecule has 1 unspecified atom stereocenters. The third-order valence-corrected chi connectivity index (χ3v) is 3.18. The molecule has 1 aliphatic rings. The second-order valence-corrected chi connectivity index (χ2v) is 4.25. The predicted molar refractivity (Wildman–Crippen MR) is 64.5 cm³/mol. The lowest BCUT2D eigenvalue weighted by atomic mass is 10.0. The molecule has 0 aliphatic carbocycles. The fraction of sp³-hybridized carbons (Fsp3) is 0.385. The number of carboxylic acids is 1. The standard InChI is InChI=1S/C13H15NO4/c1-18-13(17)14-7-3-6-11(14)9-4-2-5-10(8-9)12(15)16/h2,4-5,8,11H,3,6-7H2,1H3,(H,15,16). The van der Waals surface area contributed by atoms with E-state index < -0.39 is 5.97 Å². The van der Waals surface area contributed by atoms with Gasteiger partial charge in [-0.1, -0.05) is 12.1 Å². The van der Waals surface area contributed by atoms with Gasteiger partial charge in [-0.2, -0.15) is 0 Å². The molecule has 0 aromatic heterocycles. The Morgan fingerprint density at radius 3 is 2.89 bits per heavy atom. The van der Waals surface area contributed by atoms with Crippen molar-refractivity contribution in [2.45, 2.75) is 18.9 Å². The Hall–Kier alpha value is -2.04. The van der Waals surface area contributed by atoms with E-state index in [2.05, 4.69) is 0 Å². The molecule has 1 N–H and O–H groups in total. The summed E-state index contributed by atoms with van der Waals surface area (Å²) < 4.78 is 4.73. The molecular weight excluding hydrogens is 234 g/mol. The molecule has 1 aromatic rings. The minimum atomic E-state index is -0.959. The maximum absolute atomic E-state index is 11.6. The van der Waals surface area contributed by atoms with Crippen LogP contribution >= 0.6 is 0 Å². The first kappa shape index (κ1) is 12.4. The first-order chi connectivity index (χ1) is 8.63. The van der Waals surface area contributed by atoms with Crippen molar-refractivity contribution in [1.29, 1.82) is 0 Å². The summed E-state index contributed by atoms with van der Waals surface area (Å²) >= 11 is 0. The third-order valence-electron chi connectivity index (χ3n) is 3.18. The number of amides is 1. The van der Waals surface area contributed by atoms with Crippen molar-refractivity contribution in [2.24, 2.45) is 0 Å². The first-order valence-electron chi connectivity index (χ1n) is 5.81. The number of aromatic carboxylic acids is 1. The monoisotopic (exact) mass is 249 g/mol. The van der Waals surface area contributed by atoms with E-state index in [0.717, 1.165) is 18.4 Å². The minimum absolute atomic E-state index is 0.0863. The highest BCUT2D eigenvalue weighted by atomic mass is 16.5. The number of carbonyl (C=O) groups is 2. The van der Waals surface area contributed by atoms with Crippen molar-refractivity contribution in [3.8, 4) is 0 Å². The van der Waals surface area contributed by atoms with E-state index in [-0.39, 0.29) is 17.7 Å². The van der Waals surface area contributed by atoms with Gasteiger partial charge in [0.2, 0.25) is 0 Å². The summed E-state index contributed by atoms with van der Waals surface area (Å²) in [5.41, 5.74) is 1.09. The summed E-state index contributed by atoms with van der Waals surface area (Å²) in [5, 5.41) is 8.97. The molecule has 5 heteroatoms. The van der Waals surface area contributed by atoms with Gasteiger partial charge in [-0.25, -0.2) is 9.59 Å². The SMILES string of the molecule is COC(=O)N1CCCC1c1cccc(C(=O)O)c1. The van der Waals surface area contributed by atoms with Crippen molar-refractivity contribution in [2.75, 3.05) is 13.7 Å². The molecule has 1 aromatic carbocycles. The number of methoxy groups -OCH3 is 1. The summed E-state index contributed by atoms with van der Waals surface area (Å²) in [6.45, 7) is 0.647. The highest BCUT2D eigenvalue weighted by Gasteiger charge is 2.30. The normalized spacial score (nSPS) is 18.7. The van der Waals surface area contributed by atoms with E-state index in [1.54, 1.807) is 23.1 Å². The van der Waals surface area contributed by atoms with E-state index in [4.69, 9.17) is 9.84 Å². The van der Waals surface area contributed by atoms with Crippen molar-refractivity contribution in [1.82, 2.24) is 4.90 Å². The quantitative estimate of drug-likeness (QED) is 0.873. The maximum atomic E-state index is 11.6. The smallest absolute Gasteiger partial charge is 0.409 e. The zero-order chi connectivity index (χ0) is 13.1. The Morgan fingerprint density at radius 1 is 1.44 bits per heavy atom. The molecule has 1 aliphatic heterocycles. The molecule has 96 valence electrons. The Kier molecular flexibility index (Phi) is 3.50. The Labute approximate surface area is 105 Å². The van der Waals surface area contributed by atoms with Gasteiger partial charge < -0.3 is 14.7 Å². The van der Waals surface area contributed by atoms with Crippen LogP contribution in [0.3, 0.4) is 0 Å². The van der Waals surface area contributed by atoms with Gasteiger partial charge in [-0.05, 0) is 30.5 Å². The molecule has 1 atom stereocenters. The maximum Gasteiger partial charge on any atom is 0.409 e. The van der Waals surface area contributed by atoms with Crippen LogP contribution in [-0.4, -0.2) is 35.7 Å². The minimum Gasteiger partial charge on any atom is -0.478 e. The number of ether oxygens (including phenoxy) is 1. The lowest BCUT2D eigenvalue weighted by Crippen LogP contribution is -2.30. The lowest BCUT2D eigenvalue weighted by Gasteiger charge is -2.23. The van der Waals surface area contributed by atoms with Crippen LogP contribution in [0.4, 0.5) is 4.79 Å². The number of hydrogen-bond acceptors (Lipinski definition) is 3. The Bertz CT molecular complexity index is 472. The number of likely N-dealkylation sites (tertiary alicyclic amines) is 1. The van der Waals surface area contributed by atoms with E-state index in [1.165, 1.54) is 7.11 Å². The van der Waals surface area contributed by atoms with Crippen LogP contribution in [0.25, 0.3) is 0 Å². The average Bonchev–Trinajstić information content (AvgIpc) is 2.87. The Morgan fingerprint density at radius 2 is 2.22 bits per heavy atom. The molecule has 2 rings (SSSR count). The largest absolute Gasteiger partial charge is 0.478 e. The summed E-state index contributed by atoms with van der Waals surface area (Å²) in [6, 6.07) is 6.62. The van der Waals surface area contributed by atoms with Crippen LogP contribution in [0.5, 0.6) is 0 Å². The molecular formula is C13H15NO4. The van der Waals surface area contributed by atoms with Crippen LogP contribution in [0.2, 0.25) is 0 Å². The number of nitrogens with zero attached hydrogens (tertiary/aromatic N) is 1. The molecule has 18 heavy (non-hydrogen) atoms. The van der Waals surface area contributed by atoms with Gasteiger partial charge >= 0.3 is 12.1 Å². The van der Waals surface area contributed by atoms with Gasteiger partial charge in [0.25, 0.3) is 0 Å². The highest BCUT2D eigenvalue weighted by Crippen LogP contribution is 2.32. The first-order valence-corrected chi connectivity index (χ1v) is 5.81. The van der Waals surface area contributed by atoms with E-state index >= 15 is 0 Å². The number of benzene rings is 1. The molecule has 1 amide bonds. The molecule has 1 fully saturated rings. The van der Waals surface area contributed by atoms with Crippen LogP contribution in [0, 0.1) is 0 Å². The molecule has 0 radical (unpaired) electrons. The van der Waals surface area contributed by atoms with Crippen molar-refractivity contribution < 1.29 is 19.4 Å². The second kappa shape index (κ2) is 5.08. The summed E-state index contributed by atoms with van der Waals surface area (Å²) in [4.78, 5) is 24.2. The summed E-state index contributed by atoms with van der Waals surface area (Å²) in [6.07, 6.45) is 1.37. The second-order valence-electron chi connectivity index (χ2n) is 4.25. The van der Waals surface area contributed by atoms with Gasteiger partial charge in [0, 0.05) is 6.54 Å². The highest BCUT2D eigenvalue weighted by molar-refractivity contribution is 5.87. The van der Waals surface area contributed by atoms with Gasteiger partial charge in [0.1, 0.15) is 0 Å². The van der Waals surface area contributed by atoms with Crippen molar-refractivity contribution in [3.05, 3.63) is 35.4 Å². The van der Waals surface area contributed by atoms with Gasteiger partial charge in [0.05, 0.1) is 18.7 Å². The number of hydrogen-bond donors (Lipinski definition) is 1.